The molecule has 8 heteroatoms. The summed E-state index contributed by atoms with van der Waals surface area (Å²) in [6, 6.07) is 1.58. The first-order valence-corrected chi connectivity index (χ1v) is 7.19. The van der Waals surface area contributed by atoms with Gasteiger partial charge in [0, 0.05) is 16.9 Å². The molecule has 8 nitrogen and oxygen atoms in total. The molecule has 0 unspecified atom stereocenters. The zero-order chi connectivity index (χ0) is 17.6. The molecule has 2 heterocycles. The number of anilines is 3. The molecule has 0 radical (unpaired) electrons. The molecule has 0 aliphatic rings. The molecule has 3 N–H and O–H groups in total. The molecular formula is C15H22N4O4. The van der Waals surface area contributed by atoms with Crippen molar-refractivity contribution in [1.82, 2.24) is 10.3 Å². The molecule has 1 amide bonds. The first kappa shape index (κ1) is 16.9. The van der Waals surface area contributed by atoms with Gasteiger partial charge < -0.3 is 19.9 Å². The van der Waals surface area contributed by atoms with Gasteiger partial charge in [0.25, 0.3) is 0 Å². The maximum atomic E-state index is 11.8. The number of hydrogen-bond acceptors (Lipinski definition) is 6. The Bertz CT molecular complexity index is 719. The molecule has 0 fully saturated rings. The van der Waals surface area contributed by atoms with Crippen LogP contribution < -0.4 is 10.6 Å². The third kappa shape index (κ3) is 3.15. The molecule has 0 bridgehead atoms. The van der Waals surface area contributed by atoms with E-state index < -0.39 is 11.5 Å². The van der Waals surface area contributed by atoms with Crippen LogP contribution in [0.25, 0.3) is 0 Å². The second-order valence-corrected chi connectivity index (χ2v) is 7.41. The number of hydrogen-bond donors (Lipinski definition) is 2. The van der Waals surface area contributed by atoms with Crippen LogP contribution in [0.1, 0.15) is 53.1 Å². The van der Waals surface area contributed by atoms with Gasteiger partial charge in [-0.2, -0.15) is 0 Å². The quantitative estimate of drug-likeness (QED) is 0.865. The highest BCUT2D eigenvalue weighted by molar-refractivity contribution is 5.97. The van der Waals surface area contributed by atoms with E-state index in [-0.39, 0.29) is 22.7 Å². The second kappa shape index (κ2) is 5.29. The molecule has 2 rings (SSSR count). The maximum Gasteiger partial charge on any atom is 0.418 e. The van der Waals surface area contributed by atoms with Crippen LogP contribution in [-0.2, 0) is 10.8 Å². The summed E-state index contributed by atoms with van der Waals surface area (Å²) in [5.74, 6) is 1.02. The van der Waals surface area contributed by atoms with Gasteiger partial charge in [0.2, 0.25) is 0 Å². The highest BCUT2D eigenvalue weighted by Crippen LogP contribution is 2.40. The second-order valence-electron chi connectivity index (χ2n) is 7.41. The van der Waals surface area contributed by atoms with Crippen molar-refractivity contribution in [3.05, 3.63) is 17.6 Å². The van der Waals surface area contributed by atoms with Crippen LogP contribution in [0.15, 0.2) is 15.1 Å². The van der Waals surface area contributed by atoms with Gasteiger partial charge in [-0.3, -0.25) is 0 Å². The van der Waals surface area contributed by atoms with Crippen molar-refractivity contribution in [3.63, 3.8) is 0 Å². The molecule has 23 heavy (non-hydrogen) atoms. The molecule has 0 atom stereocenters. The van der Waals surface area contributed by atoms with Gasteiger partial charge in [-0.05, 0) is 0 Å². The van der Waals surface area contributed by atoms with E-state index in [2.05, 4.69) is 10.3 Å². The predicted molar refractivity (Wildman–Crippen MR) is 85.0 cm³/mol. The smallest absolute Gasteiger partial charge is 0.418 e. The SMILES string of the molecule is CC(C)(C)c1cc(N(C(=O)O)c2c(N)noc2C(C)(C)C)no1. The van der Waals surface area contributed by atoms with Gasteiger partial charge in [0.1, 0.15) is 11.4 Å². The Morgan fingerprint density at radius 2 is 1.74 bits per heavy atom. The van der Waals surface area contributed by atoms with Crippen LogP contribution in [0, 0.1) is 0 Å². The van der Waals surface area contributed by atoms with E-state index >= 15 is 0 Å². The highest BCUT2D eigenvalue weighted by Gasteiger charge is 2.35. The van der Waals surface area contributed by atoms with Crippen LogP contribution in [-0.4, -0.2) is 21.5 Å². The molecule has 2 aromatic heterocycles. The lowest BCUT2D eigenvalue weighted by molar-refractivity contribution is 0.204. The van der Waals surface area contributed by atoms with Crippen LogP contribution in [0.2, 0.25) is 0 Å². The van der Waals surface area contributed by atoms with Gasteiger partial charge in [0.05, 0.1) is 0 Å². The summed E-state index contributed by atoms with van der Waals surface area (Å²) < 4.78 is 10.5. The number of nitrogens with zero attached hydrogens (tertiary/aromatic N) is 3. The average Bonchev–Trinajstić information content (AvgIpc) is 2.96. The summed E-state index contributed by atoms with van der Waals surface area (Å²) in [6.07, 6.45) is -1.25. The lowest BCUT2D eigenvalue weighted by Crippen LogP contribution is -2.27. The van der Waals surface area contributed by atoms with Crippen molar-refractivity contribution < 1.29 is 18.9 Å². The lowest BCUT2D eigenvalue weighted by Gasteiger charge is -2.21. The van der Waals surface area contributed by atoms with E-state index in [9.17, 15) is 9.90 Å². The first-order valence-electron chi connectivity index (χ1n) is 7.19. The van der Waals surface area contributed by atoms with E-state index in [1.54, 1.807) is 6.07 Å². The minimum Gasteiger partial charge on any atom is -0.464 e. The number of amides is 1. The Kier molecular flexibility index (Phi) is 3.88. The monoisotopic (exact) mass is 322 g/mol. The molecular weight excluding hydrogens is 300 g/mol. The maximum absolute atomic E-state index is 11.8. The number of aromatic nitrogens is 2. The summed E-state index contributed by atoms with van der Waals surface area (Å²) in [4.78, 5) is 12.7. The van der Waals surface area contributed by atoms with Crippen LogP contribution in [0.4, 0.5) is 22.1 Å². The third-order valence-corrected chi connectivity index (χ3v) is 3.26. The predicted octanol–water partition coefficient (Wildman–Crippen LogP) is 3.66. The molecule has 2 aromatic rings. The Morgan fingerprint density at radius 1 is 1.13 bits per heavy atom. The Labute approximate surface area is 134 Å². The lowest BCUT2D eigenvalue weighted by atomic mass is 9.91. The van der Waals surface area contributed by atoms with Gasteiger partial charge in [-0.1, -0.05) is 51.9 Å². The fourth-order valence-corrected chi connectivity index (χ4v) is 2.04. The third-order valence-electron chi connectivity index (χ3n) is 3.26. The zero-order valence-corrected chi connectivity index (χ0v) is 14.2. The topological polar surface area (TPSA) is 119 Å². The Morgan fingerprint density at radius 3 is 2.17 bits per heavy atom. The number of rotatable bonds is 2. The number of carboxylic acid groups (broad SMARTS) is 1. The molecule has 0 aromatic carbocycles. The van der Waals surface area contributed by atoms with Gasteiger partial charge in [0.15, 0.2) is 17.4 Å². The van der Waals surface area contributed by atoms with Crippen molar-refractivity contribution in [2.24, 2.45) is 0 Å². The molecule has 0 saturated carbocycles. The van der Waals surface area contributed by atoms with E-state index in [0.29, 0.717) is 11.5 Å². The van der Waals surface area contributed by atoms with Gasteiger partial charge in [-0.25, -0.2) is 9.69 Å². The number of carbonyl (C=O) groups is 1. The standard InChI is InChI=1S/C15H22N4O4/c1-14(2,3)8-7-9(17-22-8)19(13(20)21)10-11(15(4,5)6)23-18-12(10)16/h7H,1-6H3,(H2,16,18)(H,20,21). The van der Waals surface area contributed by atoms with Crippen LogP contribution >= 0.6 is 0 Å². The van der Waals surface area contributed by atoms with Crippen LogP contribution in [0.5, 0.6) is 0 Å². The van der Waals surface area contributed by atoms with E-state index in [0.717, 1.165) is 4.90 Å². The van der Waals surface area contributed by atoms with Gasteiger partial charge in [-0.15, -0.1) is 0 Å². The highest BCUT2D eigenvalue weighted by atomic mass is 16.5. The summed E-state index contributed by atoms with van der Waals surface area (Å²) in [5.41, 5.74) is 5.22. The van der Waals surface area contributed by atoms with Crippen LogP contribution in [0.3, 0.4) is 0 Å². The molecule has 0 aliphatic carbocycles. The van der Waals surface area contributed by atoms with E-state index in [1.807, 2.05) is 41.5 Å². The minimum atomic E-state index is -1.25. The number of nitrogens with two attached hydrogens (primary N) is 1. The molecule has 0 aliphatic heterocycles. The first-order chi connectivity index (χ1) is 10.4. The Balaban J connectivity index is 2.60. The van der Waals surface area contributed by atoms with Crippen molar-refractivity contribution in [1.29, 1.82) is 0 Å². The zero-order valence-electron chi connectivity index (χ0n) is 14.2. The van der Waals surface area contributed by atoms with Crippen molar-refractivity contribution >= 4 is 23.4 Å². The molecule has 0 saturated heterocycles. The summed E-state index contributed by atoms with van der Waals surface area (Å²) in [5, 5.41) is 17.2. The molecule has 0 spiro atoms. The summed E-state index contributed by atoms with van der Waals surface area (Å²) in [7, 11) is 0. The van der Waals surface area contributed by atoms with E-state index in [1.165, 1.54) is 0 Å². The Hall–Kier alpha value is -2.51. The fourth-order valence-electron chi connectivity index (χ4n) is 2.04. The van der Waals surface area contributed by atoms with Crippen molar-refractivity contribution in [2.45, 2.75) is 52.4 Å². The fraction of sp³-hybridized carbons (Fsp3) is 0.533. The summed E-state index contributed by atoms with van der Waals surface area (Å²) in [6.45, 7) is 11.4. The minimum absolute atomic E-state index is 0.0161. The van der Waals surface area contributed by atoms with Gasteiger partial charge >= 0.3 is 6.09 Å². The van der Waals surface area contributed by atoms with Crippen molar-refractivity contribution in [2.75, 3.05) is 10.6 Å². The summed E-state index contributed by atoms with van der Waals surface area (Å²) >= 11 is 0. The average molecular weight is 322 g/mol. The normalized spacial score (nSPS) is 12.4. The van der Waals surface area contributed by atoms with Crippen molar-refractivity contribution in [3.8, 4) is 0 Å². The number of nitrogen functional groups attached to an aromatic ring is 1. The molecule has 126 valence electrons. The largest absolute Gasteiger partial charge is 0.464 e. The van der Waals surface area contributed by atoms with E-state index in [4.69, 9.17) is 14.8 Å².